The lowest BCUT2D eigenvalue weighted by Crippen LogP contribution is -2.05. The minimum atomic E-state index is -1.34. The Hall–Kier alpha value is -3.00. The lowest BCUT2D eigenvalue weighted by atomic mass is 10.1. The zero-order valence-corrected chi connectivity index (χ0v) is 18.1. The standard InChI is InChI=1S/2C8H5BrFNO4/c1-3-4(8(12)13)2-5(9)6(10)7(3)11(14)15;1-3-4(8(12)13)2-5(11(14)15)7(10)6(3)9/h2*2H,1H3,(H,12,13). The number of nitrogens with zero attached hydrogens (tertiary/aromatic N) is 2. The third kappa shape index (κ3) is 5.13. The number of rotatable bonds is 4. The van der Waals surface area contributed by atoms with Crippen LogP contribution in [0.4, 0.5) is 20.2 Å². The summed E-state index contributed by atoms with van der Waals surface area (Å²) in [6.07, 6.45) is 0. The molecule has 2 N–H and O–H groups in total. The van der Waals surface area contributed by atoms with Gasteiger partial charge in [-0.15, -0.1) is 0 Å². The lowest BCUT2D eigenvalue weighted by molar-refractivity contribution is -0.388. The number of hydrogen-bond acceptors (Lipinski definition) is 6. The molecule has 0 aliphatic rings. The monoisotopic (exact) mass is 554 g/mol. The van der Waals surface area contributed by atoms with Gasteiger partial charge in [0.1, 0.15) is 0 Å². The van der Waals surface area contributed by atoms with Gasteiger partial charge >= 0.3 is 23.3 Å². The number of carbonyl (C=O) groups is 2. The number of nitro groups is 2. The Morgan fingerprint density at radius 1 is 0.900 bits per heavy atom. The van der Waals surface area contributed by atoms with Crippen LogP contribution >= 0.6 is 31.9 Å². The van der Waals surface area contributed by atoms with Crippen molar-refractivity contribution >= 4 is 55.2 Å². The van der Waals surface area contributed by atoms with E-state index in [1.54, 1.807) is 0 Å². The molecule has 0 fully saturated rings. The molecule has 2 rings (SSSR count). The Kier molecular flexibility index (Phi) is 8.07. The van der Waals surface area contributed by atoms with Crippen LogP contribution in [0.1, 0.15) is 31.8 Å². The van der Waals surface area contributed by atoms with Gasteiger partial charge in [0.15, 0.2) is 0 Å². The maximum absolute atomic E-state index is 13.3. The largest absolute Gasteiger partial charge is 0.478 e. The third-order valence-corrected chi connectivity index (χ3v) is 5.24. The molecule has 2 aromatic rings. The number of carboxylic acid groups (broad SMARTS) is 2. The summed E-state index contributed by atoms with van der Waals surface area (Å²) in [4.78, 5) is 40.4. The molecule has 0 atom stereocenters. The zero-order valence-electron chi connectivity index (χ0n) is 14.9. The molecule has 0 bridgehead atoms. The SMILES string of the molecule is Cc1c(C(=O)O)cc(Br)c(F)c1[N+](=O)[O-].Cc1c(C(=O)O)cc([N+](=O)[O-])c(F)c1Br. The lowest BCUT2D eigenvalue weighted by Gasteiger charge is -2.04. The molecule has 0 aromatic heterocycles. The van der Waals surface area contributed by atoms with Crippen LogP contribution in [0, 0.1) is 45.7 Å². The van der Waals surface area contributed by atoms with Crippen molar-refractivity contribution in [2.24, 2.45) is 0 Å². The first kappa shape index (κ1) is 25.0. The van der Waals surface area contributed by atoms with E-state index in [-0.39, 0.29) is 31.2 Å². The third-order valence-electron chi connectivity index (χ3n) is 3.72. The second-order valence-electron chi connectivity index (χ2n) is 5.51. The van der Waals surface area contributed by atoms with E-state index in [9.17, 15) is 38.6 Å². The van der Waals surface area contributed by atoms with Crippen molar-refractivity contribution in [2.45, 2.75) is 13.8 Å². The molecular weight excluding hydrogens is 546 g/mol. The van der Waals surface area contributed by atoms with Gasteiger partial charge in [0, 0.05) is 11.6 Å². The molecule has 0 aliphatic heterocycles. The maximum Gasteiger partial charge on any atom is 0.336 e. The van der Waals surface area contributed by atoms with Gasteiger partial charge in [-0.25, -0.2) is 9.59 Å². The van der Waals surface area contributed by atoms with Crippen LogP contribution in [0.3, 0.4) is 0 Å². The molecule has 14 heteroatoms. The van der Waals surface area contributed by atoms with Crippen LogP contribution in [-0.2, 0) is 0 Å². The van der Waals surface area contributed by atoms with E-state index in [2.05, 4.69) is 31.9 Å². The predicted molar refractivity (Wildman–Crippen MR) is 105 cm³/mol. The smallest absolute Gasteiger partial charge is 0.336 e. The molecular formula is C16H10Br2F2N2O8. The molecule has 0 saturated heterocycles. The average Bonchev–Trinajstić information content (AvgIpc) is 2.62. The first-order valence-electron chi connectivity index (χ1n) is 7.44. The highest BCUT2D eigenvalue weighted by Crippen LogP contribution is 2.32. The fourth-order valence-electron chi connectivity index (χ4n) is 2.20. The molecule has 10 nitrogen and oxygen atoms in total. The minimum absolute atomic E-state index is 0.116. The Bertz CT molecular complexity index is 1040. The Morgan fingerprint density at radius 2 is 1.37 bits per heavy atom. The molecule has 0 amide bonds. The predicted octanol–water partition coefficient (Wildman–Crippen LogP) is 5.01. The quantitative estimate of drug-likeness (QED) is 0.393. The van der Waals surface area contributed by atoms with Crippen LogP contribution < -0.4 is 0 Å². The Morgan fingerprint density at radius 3 is 1.77 bits per heavy atom. The second-order valence-corrected chi connectivity index (χ2v) is 7.16. The molecule has 160 valence electrons. The highest BCUT2D eigenvalue weighted by molar-refractivity contribution is 9.10. The summed E-state index contributed by atoms with van der Waals surface area (Å²) in [5.74, 6) is -4.81. The Balaban J connectivity index is 0.000000300. The average molecular weight is 556 g/mol. The number of carboxylic acids is 2. The highest BCUT2D eigenvalue weighted by Gasteiger charge is 2.26. The van der Waals surface area contributed by atoms with E-state index >= 15 is 0 Å². The first-order valence-corrected chi connectivity index (χ1v) is 9.03. The van der Waals surface area contributed by atoms with Crippen molar-refractivity contribution in [1.29, 1.82) is 0 Å². The topological polar surface area (TPSA) is 161 Å². The first-order chi connectivity index (χ1) is 13.7. The summed E-state index contributed by atoms with van der Waals surface area (Å²) in [6, 6.07) is 1.71. The summed E-state index contributed by atoms with van der Waals surface area (Å²) in [5.41, 5.74) is -2.35. The highest BCUT2D eigenvalue weighted by atomic mass is 79.9. The van der Waals surface area contributed by atoms with Crippen molar-refractivity contribution in [3.05, 3.63) is 75.2 Å². The molecule has 0 heterocycles. The van der Waals surface area contributed by atoms with Gasteiger partial charge in [-0.3, -0.25) is 20.2 Å². The van der Waals surface area contributed by atoms with Gasteiger partial charge in [-0.1, -0.05) is 0 Å². The number of halogens is 4. The molecule has 0 saturated carbocycles. The summed E-state index contributed by atoms with van der Waals surface area (Å²) < 4.78 is 26.1. The zero-order chi connectivity index (χ0) is 23.5. The number of benzene rings is 2. The van der Waals surface area contributed by atoms with Gasteiger partial charge in [0.25, 0.3) is 0 Å². The molecule has 2 aromatic carbocycles. The van der Waals surface area contributed by atoms with Crippen molar-refractivity contribution in [2.75, 3.05) is 0 Å². The summed E-state index contributed by atoms with van der Waals surface area (Å²) >= 11 is 5.50. The van der Waals surface area contributed by atoms with Crippen molar-refractivity contribution in [3.63, 3.8) is 0 Å². The minimum Gasteiger partial charge on any atom is -0.478 e. The van der Waals surface area contributed by atoms with Crippen LogP contribution in [0.2, 0.25) is 0 Å². The molecule has 0 aliphatic carbocycles. The maximum atomic E-state index is 13.3. The van der Waals surface area contributed by atoms with E-state index in [1.807, 2.05) is 0 Å². The summed E-state index contributed by atoms with van der Waals surface area (Å²) in [6.45, 7) is 2.55. The number of hydrogen-bond donors (Lipinski definition) is 2. The molecule has 0 radical (unpaired) electrons. The van der Waals surface area contributed by atoms with E-state index in [0.29, 0.717) is 6.07 Å². The number of aromatic carboxylic acids is 2. The van der Waals surface area contributed by atoms with Gasteiger partial charge in [0.05, 0.1) is 29.9 Å². The molecule has 0 spiro atoms. The van der Waals surface area contributed by atoms with Crippen LogP contribution in [0.5, 0.6) is 0 Å². The van der Waals surface area contributed by atoms with Crippen molar-refractivity contribution < 1.29 is 38.4 Å². The van der Waals surface area contributed by atoms with Crippen molar-refractivity contribution in [1.82, 2.24) is 0 Å². The van der Waals surface area contributed by atoms with Crippen LogP contribution in [0.25, 0.3) is 0 Å². The van der Waals surface area contributed by atoms with E-state index < -0.39 is 44.8 Å². The second kappa shape index (κ2) is 9.67. The van der Waals surface area contributed by atoms with Gasteiger partial charge < -0.3 is 10.2 Å². The molecule has 0 unspecified atom stereocenters. The molecule has 30 heavy (non-hydrogen) atoms. The van der Waals surface area contributed by atoms with Crippen molar-refractivity contribution in [3.8, 4) is 0 Å². The fraction of sp³-hybridized carbons (Fsp3) is 0.125. The van der Waals surface area contributed by atoms with Crippen LogP contribution in [-0.4, -0.2) is 32.0 Å². The fourth-order valence-corrected chi connectivity index (χ4v) is 3.03. The van der Waals surface area contributed by atoms with E-state index in [4.69, 9.17) is 10.2 Å². The summed E-state index contributed by atoms with van der Waals surface area (Å²) in [7, 11) is 0. The van der Waals surface area contributed by atoms with Gasteiger partial charge in [-0.05, 0) is 57.3 Å². The van der Waals surface area contributed by atoms with Crippen LogP contribution in [0.15, 0.2) is 21.1 Å². The normalized spacial score (nSPS) is 10.1. The number of nitro benzene ring substituents is 2. The van der Waals surface area contributed by atoms with E-state index in [0.717, 1.165) is 6.07 Å². The van der Waals surface area contributed by atoms with Gasteiger partial charge in [0.2, 0.25) is 11.6 Å². The Labute approximate surface area is 182 Å². The van der Waals surface area contributed by atoms with E-state index in [1.165, 1.54) is 13.8 Å². The summed E-state index contributed by atoms with van der Waals surface area (Å²) in [5, 5.41) is 38.4. The van der Waals surface area contributed by atoms with Gasteiger partial charge in [-0.2, -0.15) is 8.78 Å².